The summed E-state index contributed by atoms with van der Waals surface area (Å²) in [7, 11) is -3.78. The third-order valence-corrected chi connectivity index (χ3v) is 3.83. The Kier molecular flexibility index (Phi) is 2.62. The number of aromatic nitrogens is 2. The number of nitrogens with two attached hydrogens (primary N) is 2. The van der Waals surface area contributed by atoms with Crippen LogP contribution in [0.2, 0.25) is 0 Å². The predicted octanol–water partition coefficient (Wildman–Crippen LogP) is 0.435. The van der Waals surface area contributed by atoms with Crippen molar-refractivity contribution in [1.29, 1.82) is 0 Å². The van der Waals surface area contributed by atoms with Crippen LogP contribution in [0.4, 0.5) is 5.69 Å². The van der Waals surface area contributed by atoms with Gasteiger partial charge < -0.3 is 5.73 Å². The van der Waals surface area contributed by atoms with Gasteiger partial charge in [-0.3, -0.25) is 0 Å². The fraction of sp³-hybridized carbons (Fsp3) is 0. The molecule has 0 aliphatic rings. The molecule has 0 aliphatic carbocycles. The van der Waals surface area contributed by atoms with Crippen LogP contribution in [-0.4, -0.2) is 17.8 Å². The first-order chi connectivity index (χ1) is 7.47. The van der Waals surface area contributed by atoms with Gasteiger partial charge in [-0.05, 0) is 35.8 Å². The molecule has 0 unspecified atom stereocenters. The molecule has 8 heteroatoms. The number of sulfonamides is 1. The number of rotatable bonds is 2. The molecule has 0 bridgehead atoms. The molecule has 0 aliphatic heterocycles. The molecule has 1 aromatic heterocycles. The van der Waals surface area contributed by atoms with Crippen LogP contribution >= 0.6 is 11.5 Å². The average molecular weight is 256 g/mol. The molecule has 2 rings (SSSR count). The molecule has 0 saturated carbocycles. The van der Waals surface area contributed by atoms with Gasteiger partial charge in [0, 0.05) is 11.3 Å². The predicted molar refractivity (Wildman–Crippen MR) is 61.1 cm³/mol. The lowest BCUT2D eigenvalue weighted by molar-refractivity contribution is 0.597. The first-order valence-electron chi connectivity index (χ1n) is 4.19. The smallest absolute Gasteiger partial charge is 0.266 e. The van der Waals surface area contributed by atoms with E-state index in [1.165, 1.54) is 0 Å². The fourth-order valence-electron chi connectivity index (χ4n) is 1.07. The zero-order chi connectivity index (χ0) is 11.8. The topological polar surface area (TPSA) is 112 Å². The second kappa shape index (κ2) is 3.81. The van der Waals surface area contributed by atoms with E-state index in [9.17, 15) is 8.42 Å². The summed E-state index contributed by atoms with van der Waals surface area (Å²) in [4.78, 5) is 3.84. The number of benzene rings is 1. The minimum Gasteiger partial charge on any atom is -0.399 e. The van der Waals surface area contributed by atoms with Gasteiger partial charge in [0.05, 0.1) is 0 Å². The number of nitrogens with zero attached hydrogens (tertiary/aromatic N) is 2. The Balaban J connectivity index is 2.43. The van der Waals surface area contributed by atoms with Crippen molar-refractivity contribution in [1.82, 2.24) is 9.36 Å². The summed E-state index contributed by atoms with van der Waals surface area (Å²) in [5.41, 5.74) is 6.84. The molecule has 4 N–H and O–H groups in total. The first kappa shape index (κ1) is 11.0. The highest BCUT2D eigenvalue weighted by Gasteiger charge is 2.15. The monoisotopic (exact) mass is 256 g/mol. The van der Waals surface area contributed by atoms with E-state index >= 15 is 0 Å². The van der Waals surface area contributed by atoms with E-state index in [0.29, 0.717) is 17.1 Å². The van der Waals surface area contributed by atoms with Crippen molar-refractivity contribution in [2.45, 2.75) is 4.34 Å². The summed E-state index contributed by atoms with van der Waals surface area (Å²) in [6.07, 6.45) is 0. The molecular weight excluding hydrogens is 248 g/mol. The largest absolute Gasteiger partial charge is 0.399 e. The number of anilines is 1. The number of hydrogen-bond donors (Lipinski definition) is 2. The van der Waals surface area contributed by atoms with Crippen LogP contribution in [0, 0.1) is 0 Å². The van der Waals surface area contributed by atoms with Gasteiger partial charge in [0.2, 0.25) is 4.34 Å². The third kappa shape index (κ3) is 2.18. The van der Waals surface area contributed by atoms with E-state index < -0.39 is 10.0 Å². The normalized spacial score (nSPS) is 11.6. The van der Waals surface area contributed by atoms with Crippen LogP contribution in [0.25, 0.3) is 11.4 Å². The van der Waals surface area contributed by atoms with Gasteiger partial charge in [0.25, 0.3) is 10.0 Å². The number of nitrogen functional groups attached to an aromatic ring is 1. The fourth-order valence-corrected chi connectivity index (χ4v) is 2.25. The molecule has 6 nitrogen and oxygen atoms in total. The van der Waals surface area contributed by atoms with Crippen LogP contribution in [0.3, 0.4) is 0 Å². The lowest BCUT2D eigenvalue weighted by atomic mass is 10.2. The summed E-state index contributed by atoms with van der Waals surface area (Å²) < 4.78 is 25.7. The van der Waals surface area contributed by atoms with Crippen LogP contribution in [0.5, 0.6) is 0 Å². The molecule has 0 spiro atoms. The molecule has 2 aromatic rings. The van der Waals surface area contributed by atoms with Gasteiger partial charge in [-0.2, -0.15) is 4.37 Å². The van der Waals surface area contributed by atoms with E-state index in [4.69, 9.17) is 10.9 Å². The van der Waals surface area contributed by atoms with E-state index in [2.05, 4.69) is 9.36 Å². The van der Waals surface area contributed by atoms with E-state index in [-0.39, 0.29) is 4.34 Å². The van der Waals surface area contributed by atoms with Gasteiger partial charge in [-0.25, -0.2) is 18.5 Å². The van der Waals surface area contributed by atoms with Crippen molar-refractivity contribution in [2.24, 2.45) is 5.14 Å². The van der Waals surface area contributed by atoms with Crippen molar-refractivity contribution in [2.75, 3.05) is 5.73 Å². The molecule has 16 heavy (non-hydrogen) atoms. The number of hydrogen-bond acceptors (Lipinski definition) is 6. The van der Waals surface area contributed by atoms with Gasteiger partial charge in [-0.1, -0.05) is 0 Å². The summed E-state index contributed by atoms with van der Waals surface area (Å²) >= 11 is 0.750. The Morgan fingerprint density at radius 1 is 1.19 bits per heavy atom. The highest BCUT2D eigenvalue weighted by Crippen LogP contribution is 2.20. The molecule has 0 radical (unpaired) electrons. The molecule has 1 heterocycles. The minimum atomic E-state index is -3.78. The van der Waals surface area contributed by atoms with E-state index in [1.807, 2.05) is 0 Å². The zero-order valence-electron chi connectivity index (χ0n) is 7.99. The molecule has 0 atom stereocenters. The Morgan fingerprint density at radius 2 is 1.81 bits per heavy atom. The highest BCUT2D eigenvalue weighted by atomic mass is 32.2. The standard InChI is InChI=1S/C8H8N4O2S2/c9-6-3-1-5(2-4-6)7-11-8(15-12-7)16(10,13)14/h1-4H,9H2,(H2,10,13,14). The lowest BCUT2D eigenvalue weighted by Gasteiger charge is -1.95. The van der Waals surface area contributed by atoms with Gasteiger partial charge in [0.15, 0.2) is 5.82 Å². The van der Waals surface area contributed by atoms with E-state index in [0.717, 1.165) is 11.5 Å². The third-order valence-electron chi connectivity index (χ3n) is 1.82. The van der Waals surface area contributed by atoms with Crippen LogP contribution in [0.15, 0.2) is 28.6 Å². The van der Waals surface area contributed by atoms with Gasteiger partial charge in [-0.15, -0.1) is 0 Å². The molecule has 0 amide bonds. The second-order valence-corrected chi connectivity index (χ2v) is 5.54. The van der Waals surface area contributed by atoms with Crippen molar-refractivity contribution >= 4 is 27.2 Å². The van der Waals surface area contributed by atoms with Crippen LogP contribution in [-0.2, 0) is 10.0 Å². The minimum absolute atomic E-state index is 0.195. The number of primary sulfonamides is 1. The molecule has 84 valence electrons. The summed E-state index contributed by atoms with van der Waals surface area (Å²) in [5.74, 6) is 0.328. The first-order valence-corrected chi connectivity index (χ1v) is 6.51. The Morgan fingerprint density at radius 3 is 2.31 bits per heavy atom. The summed E-state index contributed by atoms with van der Waals surface area (Å²) in [5, 5.41) is 4.93. The second-order valence-electron chi connectivity index (χ2n) is 3.05. The maximum atomic E-state index is 11.0. The zero-order valence-corrected chi connectivity index (χ0v) is 9.62. The summed E-state index contributed by atoms with van der Waals surface area (Å²) in [6, 6.07) is 6.80. The van der Waals surface area contributed by atoms with Crippen molar-refractivity contribution in [3.05, 3.63) is 24.3 Å². The van der Waals surface area contributed by atoms with E-state index in [1.54, 1.807) is 24.3 Å². The molecule has 0 saturated heterocycles. The van der Waals surface area contributed by atoms with Crippen molar-refractivity contribution in [3.8, 4) is 11.4 Å². The Bertz CT molecular complexity index is 603. The molecular formula is C8H8N4O2S2. The SMILES string of the molecule is Nc1ccc(-c2nsc(S(N)(=O)=O)n2)cc1. The van der Waals surface area contributed by atoms with Crippen LogP contribution < -0.4 is 10.9 Å². The Hall–Kier alpha value is -1.51. The highest BCUT2D eigenvalue weighted by molar-refractivity contribution is 7.91. The maximum Gasteiger partial charge on any atom is 0.266 e. The maximum absolute atomic E-state index is 11.0. The quantitative estimate of drug-likeness (QED) is 0.757. The van der Waals surface area contributed by atoms with Crippen LogP contribution in [0.1, 0.15) is 0 Å². The average Bonchev–Trinajstić information content (AvgIpc) is 2.67. The lowest BCUT2D eigenvalue weighted by Crippen LogP contribution is -2.11. The van der Waals surface area contributed by atoms with Gasteiger partial charge >= 0.3 is 0 Å². The van der Waals surface area contributed by atoms with Gasteiger partial charge in [0.1, 0.15) is 0 Å². The van der Waals surface area contributed by atoms with Crippen molar-refractivity contribution < 1.29 is 8.42 Å². The molecule has 1 aromatic carbocycles. The molecule has 0 fully saturated rings. The summed E-state index contributed by atoms with van der Waals surface area (Å²) in [6.45, 7) is 0. The van der Waals surface area contributed by atoms with Crippen molar-refractivity contribution in [3.63, 3.8) is 0 Å². The Labute approximate surface area is 96.1 Å².